The normalized spacial score (nSPS) is 12.0. The lowest BCUT2D eigenvalue weighted by molar-refractivity contribution is -0.114. The molecule has 0 atom stereocenters. The maximum Gasteiger partial charge on any atom is 0.234 e. The molecule has 3 rings (SSSR count). The molecule has 10 heteroatoms. The van der Waals surface area contributed by atoms with Crippen LogP contribution in [0.2, 0.25) is 0 Å². The lowest BCUT2D eigenvalue weighted by Crippen LogP contribution is -2.13. The molecule has 1 aromatic carbocycles. The van der Waals surface area contributed by atoms with Crippen LogP contribution in [0.4, 0.5) is 10.8 Å². The SMILES string of the molecule is CC(=O)Nc1nnc(SCC(=O)Nc2ccc3c(c2)OCO3)s1. The highest BCUT2D eigenvalue weighted by atomic mass is 32.2. The van der Waals surface area contributed by atoms with Crippen LogP contribution in [-0.2, 0) is 9.59 Å². The van der Waals surface area contributed by atoms with Crippen molar-refractivity contribution in [2.45, 2.75) is 11.3 Å². The molecule has 0 spiro atoms. The molecule has 2 aromatic rings. The number of hydrogen-bond donors (Lipinski definition) is 2. The van der Waals surface area contributed by atoms with E-state index in [0.717, 1.165) is 0 Å². The van der Waals surface area contributed by atoms with Gasteiger partial charge in [0.15, 0.2) is 15.8 Å². The molecule has 0 saturated carbocycles. The summed E-state index contributed by atoms with van der Waals surface area (Å²) in [6.07, 6.45) is 0. The van der Waals surface area contributed by atoms with Gasteiger partial charge in [-0.3, -0.25) is 9.59 Å². The Balaban J connectivity index is 1.51. The van der Waals surface area contributed by atoms with E-state index in [1.54, 1.807) is 18.2 Å². The van der Waals surface area contributed by atoms with Gasteiger partial charge >= 0.3 is 0 Å². The predicted molar refractivity (Wildman–Crippen MR) is 86.1 cm³/mol. The number of thioether (sulfide) groups is 1. The van der Waals surface area contributed by atoms with Gasteiger partial charge in [-0.05, 0) is 12.1 Å². The van der Waals surface area contributed by atoms with E-state index in [1.165, 1.54) is 30.0 Å². The fourth-order valence-electron chi connectivity index (χ4n) is 1.77. The first-order valence-corrected chi connectivity index (χ1v) is 8.34. The van der Waals surface area contributed by atoms with Crippen LogP contribution >= 0.6 is 23.1 Å². The third kappa shape index (κ3) is 4.11. The Bertz CT molecular complexity index is 749. The third-order valence-electron chi connectivity index (χ3n) is 2.67. The van der Waals surface area contributed by atoms with E-state index in [1.807, 2.05) is 0 Å². The average molecular weight is 352 g/mol. The van der Waals surface area contributed by atoms with Crippen LogP contribution in [0.25, 0.3) is 0 Å². The molecule has 1 aliphatic rings. The number of nitrogens with zero attached hydrogens (tertiary/aromatic N) is 2. The minimum atomic E-state index is -0.210. The maximum absolute atomic E-state index is 12.0. The summed E-state index contributed by atoms with van der Waals surface area (Å²) in [4.78, 5) is 22.9. The van der Waals surface area contributed by atoms with Gasteiger partial charge in [0, 0.05) is 18.7 Å². The zero-order valence-electron chi connectivity index (χ0n) is 12.0. The van der Waals surface area contributed by atoms with E-state index < -0.39 is 0 Å². The molecule has 0 bridgehead atoms. The lowest BCUT2D eigenvalue weighted by atomic mass is 10.3. The summed E-state index contributed by atoms with van der Waals surface area (Å²) in [6.45, 7) is 1.59. The van der Waals surface area contributed by atoms with Gasteiger partial charge in [-0.2, -0.15) is 0 Å². The van der Waals surface area contributed by atoms with Crippen LogP contribution in [-0.4, -0.2) is 34.6 Å². The van der Waals surface area contributed by atoms with Crippen LogP contribution < -0.4 is 20.1 Å². The van der Waals surface area contributed by atoms with Gasteiger partial charge in [0.1, 0.15) is 0 Å². The number of rotatable bonds is 5. The second kappa shape index (κ2) is 6.84. The second-order valence-electron chi connectivity index (χ2n) is 4.46. The van der Waals surface area contributed by atoms with Crippen molar-refractivity contribution in [2.75, 3.05) is 23.2 Å². The molecule has 23 heavy (non-hydrogen) atoms. The van der Waals surface area contributed by atoms with Gasteiger partial charge in [-0.1, -0.05) is 23.1 Å². The molecule has 0 fully saturated rings. The first kappa shape index (κ1) is 15.6. The third-order valence-corrected chi connectivity index (χ3v) is 4.64. The average Bonchev–Trinajstić information content (AvgIpc) is 3.13. The van der Waals surface area contributed by atoms with Crippen molar-refractivity contribution >= 4 is 45.7 Å². The molecule has 2 heterocycles. The first-order chi connectivity index (χ1) is 11.1. The van der Waals surface area contributed by atoms with Crippen LogP contribution in [0.1, 0.15) is 6.92 Å². The molecule has 120 valence electrons. The number of fused-ring (bicyclic) bond motifs is 1. The van der Waals surface area contributed by atoms with Crippen LogP contribution in [0, 0.1) is 0 Å². The van der Waals surface area contributed by atoms with Crippen molar-refractivity contribution in [3.8, 4) is 11.5 Å². The van der Waals surface area contributed by atoms with Crippen molar-refractivity contribution in [1.82, 2.24) is 10.2 Å². The van der Waals surface area contributed by atoms with Crippen LogP contribution in [0.3, 0.4) is 0 Å². The van der Waals surface area contributed by atoms with Gasteiger partial charge in [0.25, 0.3) is 0 Å². The van der Waals surface area contributed by atoms with Crippen molar-refractivity contribution in [1.29, 1.82) is 0 Å². The highest BCUT2D eigenvalue weighted by molar-refractivity contribution is 8.01. The summed E-state index contributed by atoms with van der Waals surface area (Å²) in [7, 11) is 0. The smallest absolute Gasteiger partial charge is 0.234 e. The van der Waals surface area contributed by atoms with E-state index in [9.17, 15) is 9.59 Å². The first-order valence-electron chi connectivity index (χ1n) is 6.53. The van der Waals surface area contributed by atoms with E-state index in [0.29, 0.717) is 26.7 Å². The molecule has 0 unspecified atom stereocenters. The van der Waals surface area contributed by atoms with Crippen molar-refractivity contribution in [2.24, 2.45) is 0 Å². The Morgan fingerprint density at radius 3 is 2.91 bits per heavy atom. The van der Waals surface area contributed by atoms with Gasteiger partial charge in [0.05, 0.1) is 5.75 Å². The molecule has 8 nitrogen and oxygen atoms in total. The zero-order chi connectivity index (χ0) is 16.2. The number of nitrogens with one attached hydrogen (secondary N) is 2. The number of carbonyl (C=O) groups is 2. The quantitative estimate of drug-likeness (QED) is 0.626. The molecule has 1 aromatic heterocycles. The second-order valence-corrected chi connectivity index (χ2v) is 6.66. The molecular formula is C13H12N4O4S2. The van der Waals surface area contributed by atoms with Crippen molar-refractivity contribution in [3.05, 3.63) is 18.2 Å². The van der Waals surface area contributed by atoms with Gasteiger partial charge in [0.2, 0.25) is 23.7 Å². The number of amides is 2. The maximum atomic E-state index is 12.0. The van der Waals surface area contributed by atoms with Crippen LogP contribution in [0.5, 0.6) is 11.5 Å². The van der Waals surface area contributed by atoms with E-state index in [4.69, 9.17) is 9.47 Å². The minimum absolute atomic E-state index is 0.176. The number of ether oxygens (including phenoxy) is 2. The molecule has 0 saturated heterocycles. The summed E-state index contributed by atoms with van der Waals surface area (Å²) in [5, 5.41) is 13.4. The molecule has 1 aliphatic heterocycles. The van der Waals surface area contributed by atoms with Gasteiger partial charge < -0.3 is 20.1 Å². The molecular weight excluding hydrogens is 340 g/mol. The largest absolute Gasteiger partial charge is 0.454 e. The molecule has 2 N–H and O–H groups in total. The monoisotopic (exact) mass is 352 g/mol. The Morgan fingerprint density at radius 2 is 2.09 bits per heavy atom. The minimum Gasteiger partial charge on any atom is -0.454 e. The van der Waals surface area contributed by atoms with E-state index in [2.05, 4.69) is 20.8 Å². The number of benzene rings is 1. The number of anilines is 2. The van der Waals surface area contributed by atoms with Crippen molar-refractivity contribution in [3.63, 3.8) is 0 Å². The number of carbonyl (C=O) groups excluding carboxylic acids is 2. The lowest BCUT2D eigenvalue weighted by Gasteiger charge is -2.05. The fourth-order valence-corrected chi connectivity index (χ4v) is 3.37. The van der Waals surface area contributed by atoms with Gasteiger partial charge in [-0.25, -0.2) is 0 Å². The van der Waals surface area contributed by atoms with E-state index in [-0.39, 0.29) is 24.4 Å². The topological polar surface area (TPSA) is 102 Å². The predicted octanol–water partition coefficient (Wildman–Crippen LogP) is 1.96. The number of hydrogen-bond acceptors (Lipinski definition) is 8. The summed E-state index contributed by atoms with van der Waals surface area (Å²) in [5.74, 6) is 1.07. The summed E-state index contributed by atoms with van der Waals surface area (Å²) >= 11 is 2.46. The zero-order valence-corrected chi connectivity index (χ0v) is 13.6. The number of aromatic nitrogens is 2. The highest BCUT2D eigenvalue weighted by Crippen LogP contribution is 2.34. The Hall–Kier alpha value is -2.33. The summed E-state index contributed by atoms with van der Waals surface area (Å²) in [5.41, 5.74) is 0.635. The Morgan fingerprint density at radius 1 is 1.26 bits per heavy atom. The Labute approximate surface area is 139 Å². The standard InChI is InChI=1S/C13H12N4O4S2/c1-7(18)14-12-16-17-13(23-12)22-5-11(19)15-8-2-3-9-10(4-8)21-6-20-9/h2-4H,5-6H2,1H3,(H,15,19)(H,14,16,18). The van der Waals surface area contributed by atoms with E-state index >= 15 is 0 Å². The van der Waals surface area contributed by atoms with Crippen LogP contribution in [0.15, 0.2) is 22.5 Å². The molecule has 0 radical (unpaired) electrons. The highest BCUT2D eigenvalue weighted by Gasteiger charge is 2.14. The van der Waals surface area contributed by atoms with Gasteiger partial charge in [-0.15, -0.1) is 10.2 Å². The molecule has 2 amide bonds. The summed E-state index contributed by atoms with van der Waals surface area (Å²) in [6, 6.07) is 5.20. The molecule has 0 aliphatic carbocycles. The van der Waals surface area contributed by atoms with Crippen molar-refractivity contribution < 1.29 is 19.1 Å². The Kier molecular flexibility index (Phi) is 4.63. The summed E-state index contributed by atoms with van der Waals surface area (Å²) < 4.78 is 11.1. The fraction of sp³-hybridized carbons (Fsp3) is 0.231.